The molecule has 0 aliphatic heterocycles. The van der Waals surface area contributed by atoms with E-state index in [1.54, 1.807) is 31.4 Å². The Morgan fingerprint density at radius 1 is 1.17 bits per heavy atom. The first-order valence-corrected chi connectivity index (χ1v) is 7.26. The Bertz CT molecular complexity index is 795. The minimum Gasteiger partial charge on any atom is -0.493 e. The van der Waals surface area contributed by atoms with E-state index >= 15 is 0 Å². The number of aromatic amines is 1. The molecule has 0 amide bonds. The number of halogens is 1. The largest absolute Gasteiger partial charge is 0.493 e. The second kappa shape index (κ2) is 7.40. The Kier molecular flexibility index (Phi) is 4.85. The molecule has 0 radical (unpaired) electrons. The molecule has 3 aromatic rings. The molecular formula is C16H16FN5O2. The third-order valence-electron chi connectivity index (χ3n) is 3.37. The highest BCUT2D eigenvalue weighted by molar-refractivity contribution is 5.44. The molecule has 7 nitrogen and oxygen atoms in total. The fourth-order valence-corrected chi connectivity index (χ4v) is 2.13. The van der Waals surface area contributed by atoms with E-state index in [1.165, 1.54) is 6.07 Å². The molecule has 2 N–H and O–H groups in total. The molecule has 2 aromatic carbocycles. The number of tetrazole rings is 1. The number of rotatable bonds is 7. The summed E-state index contributed by atoms with van der Waals surface area (Å²) in [5, 5.41) is 16.5. The fraction of sp³-hybridized carbons (Fsp3) is 0.188. The minimum absolute atomic E-state index is 0.128. The summed E-state index contributed by atoms with van der Waals surface area (Å²) in [6, 6.07) is 12.0. The lowest BCUT2D eigenvalue weighted by Crippen LogP contribution is -2.03. The van der Waals surface area contributed by atoms with Gasteiger partial charge < -0.3 is 14.8 Å². The van der Waals surface area contributed by atoms with E-state index in [-0.39, 0.29) is 12.4 Å². The fourth-order valence-electron chi connectivity index (χ4n) is 2.13. The Balaban J connectivity index is 1.66. The molecule has 0 spiro atoms. The SMILES string of the molecule is COc1cc(CNc2nn[nH]n2)ccc1OCc1ccccc1F. The Labute approximate surface area is 137 Å². The second-order valence-corrected chi connectivity index (χ2v) is 4.95. The molecule has 0 atom stereocenters. The first kappa shape index (κ1) is 15.7. The first-order valence-electron chi connectivity index (χ1n) is 7.26. The molecule has 0 aliphatic carbocycles. The monoisotopic (exact) mass is 329 g/mol. The number of methoxy groups -OCH3 is 1. The van der Waals surface area contributed by atoms with Crippen LogP contribution in [-0.4, -0.2) is 27.7 Å². The van der Waals surface area contributed by atoms with E-state index in [0.29, 0.717) is 29.6 Å². The predicted molar refractivity (Wildman–Crippen MR) is 85.2 cm³/mol. The predicted octanol–water partition coefficient (Wildman–Crippen LogP) is 2.54. The molecule has 1 heterocycles. The van der Waals surface area contributed by atoms with Crippen molar-refractivity contribution in [1.29, 1.82) is 0 Å². The topological polar surface area (TPSA) is 85.0 Å². The van der Waals surface area contributed by atoms with Gasteiger partial charge in [-0.2, -0.15) is 5.21 Å². The quantitative estimate of drug-likeness (QED) is 0.693. The normalized spacial score (nSPS) is 10.4. The van der Waals surface area contributed by atoms with Crippen molar-refractivity contribution in [3.8, 4) is 11.5 Å². The Hall–Kier alpha value is -3.16. The number of nitrogens with zero attached hydrogens (tertiary/aromatic N) is 3. The highest BCUT2D eigenvalue weighted by atomic mass is 19.1. The number of nitrogens with one attached hydrogen (secondary N) is 2. The summed E-state index contributed by atoms with van der Waals surface area (Å²) in [7, 11) is 1.56. The van der Waals surface area contributed by atoms with Crippen LogP contribution in [0.4, 0.5) is 10.3 Å². The average molecular weight is 329 g/mol. The van der Waals surface area contributed by atoms with Crippen LogP contribution in [0, 0.1) is 5.82 Å². The summed E-state index contributed by atoms with van der Waals surface area (Å²) in [6.07, 6.45) is 0. The van der Waals surface area contributed by atoms with Crippen molar-refractivity contribution in [2.45, 2.75) is 13.2 Å². The third-order valence-corrected chi connectivity index (χ3v) is 3.37. The Morgan fingerprint density at radius 2 is 2.04 bits per heavy atom. The molecule has 0 bridgehead atoms. The number of ether oxygens (including phenoxy) is 2. The van der Waals surface area contributed by atoms with Crippen molar-refractivity contribution >= 4 is 5.95 Å². The van der Waals surface area contributed by atoms with Crippen LogP contribution in [0.15, 0.2) is 42.5 Å². The lowest BCUT2D eigenvalue weighted by Gasteiger charge is -2.12. The van der Waals surface area contributed by atoms with Gasteiger partial charge in [-0.3, -0.25) is 0 Å². The van der Waals surface area contributed by atoms with Crippen molar-refractivity contribution in [2.75, 3.05) is 12.4 Å². The average Bonchev–Trinajstić information content (AvgIpc) is 3.13. The minimum atomic E-state index is -0.294. The zero-order chi connectivity index (χ0) is 16.8. The van der Waals surface area contributed by atoms with Crippen LogP contribution in [0.1, 0.15) is 11.1 Å². The smallest absolute Gasteiger partial charge is 0.263 e. The van der Waals surface area contributed by atoms with Crippen molar-refractivity contribution in [1.82, 2.24) is 20.6 Å². The maximum absolute atomic E-state index is 13.6. The zero-order valence-electron chi connectivity index (χ0n) is 13.0. The van der Waals surface area contributed by atoms with Crippen LogP contribution in [0.25, 0.3) is 0 Å². The molecule has 0 unspecified atom stereocenters. The summed E-state index contributed by atoms with van der Waals surface area (Å²) >= 11 is 0. The van der Waals surface area contributed by atoms with E-state index in [1.807, 2.05) is 12.1 Å². The summed E-state index contributed by atoms with van der Waals surface area (Å²) in [4.78, 5) is 0. The number of anilines is 1. The van der Waals surface area contributed by atoms with E-state index in [2.05, 4.69) is 25.9 Å². The van der Waals surface area contributed by atoms with E-state index in [4.69, 9.17) is 9.47 Å². The molecule has 124 valence electrons. The van der Waals surface area contributed by atoms with Crippen LogP contribution in [0.3, 0.4) is 0 Å². The number of hydrogen-bond donors (Lipinski definition) is 2. The maximum Gasteiger partial charge on any atom is 0.263 e. The van der Waals surface area contributed by atoms with Gasteiger partial charge in [0, 0.05) is 12.1 Å². The lowest BCUT2D eigenvalue weighted by atomic mass is 10.2. The van der Waals surface area contributed by atoms with Crippen LogP contribution in [0.5, 0.6) is 11.5 Å². The van der Waals surface area contributed by atoms with Crippen molar-refractivity contribution in [2.24, 2.45) is 0 Å². The Morgan fingerprint density at radius 3 is 2.79 bits per heavy atom. The second-order valence-electron chi connectivity index (χ2n) is 4.95. The molecule has 0 saturated heterocycles. The number of benzene rings is 2. The van der Waals surface area contributed by atoms with E-state index in [0.717, 1.165) is 5.56 Å². The zero-order valence-corrected chi connectivity index (χ0v) is 13.0. The molecular weight excluding hydrogens is 313 g/mol. The molecule has 3 rings (SSSR count). The van der Waals surface area contributed by atoms with Gasteiger partial charge in [0.25, 0.3) is 5.95 Å². The molecule has 24 heavy (non-hydrogen) atoms. The van der Waals surface area contributed by atoms with Crippen molar-refractivity contribution in [3.63, 3.8) is 0 Å². The van der Waals surface area contributed by atoms with Gasteiger partial charge >= 0.3 is 0 Å². The van der Waals surface area contributed by atoms with Crippen LogP contribution < -0.4 is 14.8 Å². The van der Waals surface area contributed by atoms with Gasteiger partial charge in [0.05, 0.1) is 7.11 Å². The van der Waals surface area contributed by atoms with Gasteiger partial charge in [-0.1, -0.05) is 29.4 Å². The van der Waals surface area contributed by atoms with Gasteiger partial charge in [0.1, 0.15) is 12.4 Å². The molecule has 8 heteroatoms. The van der Waals surface area contributed by atoms with Gasteiger partial charge in [-0.15, -0.1) is 5.10 Å². The van der Waals surface area contributed by atoms with Gasteiger partial charge in [-0.25, -0.2) is 4.39 Å². The van der Waals surface area contributed by atoms with Crippen LogP contribution in [0.2, 0.25) is 0 Å². The molecule has 0 fully saturated rings. The van der Waals surface area contributed by atoms with Gasteiger partial charge in [0.15, 0.2) is 11.5 Å². The first-order chi connectivity index (χ1) is 11.8. The summed E-state index contributed by atoms with van der Waals surface area (Å²) in [5.74, 6) is 1.23. The highest BCUT2D eigenvalue weighted by Gasteiger charge is 2.08. The molecule has 1 aromatic heterocycles. The lowest BCUT2D eigenvalue weighted by molar-refractivity contribution is 0.279. The van der Waals surface area contributed by atoms with Crippen molar-refractivity contribution < 1.29 is 13.9 Å². The van der Waals surface area contributed by atoms with Crippen molar-refractivity contribution in [3.05, 3.63) is 59.4 Å². The summed E-state index contributed by atoms with van der Waals surface area (Å²) in [5.41, 5.74) is 1.44. The van der Waals surface area contributed by atoms with Gasteiger partial charge in [-0.05, 0) is 29.0 Å². The summed E-state index contributed by atoms with van der Waals surface area (Å²) in [6.45, 7) is 0.632. The standard InChI is InChI=1S/C16H16FN5O2/c1-23-15-8-11(9-18-16-19-21-22-20-16)6-7-14(15)24-10-12-4-2-3-5-13(12)17/h2-8H,9-10H2,1H3,(H2,18,19,20,21,22). The number of H-pyrrole nitrogens is 1. The number of aromatic nitrogens is 4. The molecule has 0 saturated carbocycles. The highest BCUT2D eigenvalue weighted by Crippen LogP contribution is 2.29. The number of hydrogen-bond acceptors (Lipinski definition) is 6. The van der Waals surface area contributed by atoms with Crippen LogP contribution >= 0.6 is 0 Å². The van der Waals surface area contributed by atoms with E-state index < -0.39 is 0 Å². The summed E-state index contributed by atoms with van der Waals surface area (Å²) < 4.78 is 24.7. The van der Waals surface area contributed by atoms with E-state index in [9.17, 15) is 4.39 Å². The molecule has 0 aliphatic rings. The van der Waals surface area contributed by atoms with Crippen LogP contribution in [-0.2, 0) is 13.2 Å². The third kappa shape index (κ3) is 3.78. The van der Waals surface area contributed by atoms with Gasteiger partial charge in [0.2, 0.25) is 0 Å². The maximum atomic E-state index is 13.6.